The van der Waals surface area contributed by atoms with Crippen LogP contribution in [-0.4, -0.2) is 30.2 Å². The van der Waals surface area contributed by atoms with Gasteiger partial charge < -0.3 is 10.1 Å². The SMILES string of the molecule is CCCn1c(=O)n(Cc2ccccc2)c(=O)c2nc(-c3ccc(C=CC(=O)O)cc3)[nH]c21. The van der Waals surface area contributed by atoms with E-state index in [2.05, 4.69) is 9.97 Å². The van der Waals surface area contributed by atoms with Gasteiger partial charge in [-0.15, -0.1) is 0 Å². The normalized spacial score (nSPS) is 11.4. The van der Waals surface area contributed by atoms with Crippen molar-refractivity contribution in [2.24, 2.45) is 0 Å². The molecule has 8 heteroatoms. The van der Waals surface area contributed by atoms with Crippen LogP contribution >= 0.6 is 0 Å². The Bertz CT molecular complexity index is 1410. The number of rotatable bonds is 7. The zero-order valence-electron chi connectivity index (χ0n) is 17.5. The molecule has 162 valence electrons. The van der Waals surface area contributed by atoms with Crippen molar-refractivity contribution >= 4 is 23.2 Å². The topological polar surface area (TPSA) is 110 Å². The van der Waals surface area contributed by atoms with Gasteiger partial charge in [-0.1, -0.05) is 61.5 Å². The largest absolute Gasteiger partial charge is 0.478 e. The Hall–Kier alpha value is -4.20. The van der Waals surface area contributed by atoms with Crippen LogP contribution in [0.25, 0.3) is 28.6 Å². The molecule has 0 saturated carbocycles. The van der Waals surface area contributed by atoms with E-state index in [0.29, 0.717) is 18.0 Å². The Morgan fingerprint density at radius 2 is 1.78 bits per heavy atom. The maximum absolute atomic E-state index is 13.2. The molecule has 2 aromatic carbocycles. The molecule has 0 spiro atoms. The summed E-state index contributed by atoms with van der Waals surface area (Å²) in [6, 6.07) is 16.4. The third-order valence-corrected chi connectivity index (χ3v) is 5.10. The van der Waals surface area contributed by atoms with Crippen LogP contribution in [0.5, 0.6) is 0 Å². The highest BCUT2D eigenvalue weighted by Crippen LogP contribution is 2.20. The van der Waals surface area contributed by atoms with Gasteiger partial charge in [-0.25, -0.2) is 14.6 Å². The molecule has 2 heterocycles. The van der Waals surface area contributed by atoms with Crippen LogP contribution in [0.2, 0.25) is 0 Å². The van der Waals surface area contributed by atoms with Gasteiger partial charge in [0.05, 0.1) is 6.54 Å². The highest BCUT2D eigenvalue weighted by molar-refractivity contribution is 5.85. The molecule has 0 saturated heterocycles. The Morgan fingerprint density at radius 1 is 1.06 bits per heavy atom. The number of imidazole rings is 1. The molecule has 0 amide bonds. The predicted octanol–water partition coefficient (Wildman–Crippen LogP) is 3.11. The van der Waals surface area contributed by atoms with Crippen LogP contribution in [0.3, 0.4) is 0 Å². The third kappa shape index (κ3) is 4.15. The second kappa shape index (κ2) is 8.89. The van der Waals surface area contributed by atoms with Crippen LogP contribution in [-0.2, 0) is 17.9 Å². The number of nitrogens with zero attached hydrogens (tertiary/aromatic N) is 3. The minimum absolute atomic E-state index is 0.172. The van der Waals surface area contributed by atoms with E-state index >= 15 is 0 Å². The van der Waals surface area contributed by atoms with Crippen molar-refractivity contribution in [1.82, 2.24) is 19.1 Å². The number of hydrogen-bond acceptors (Lipinski definition) is 4. The predicted molar refractivity (Wildman–Crippen MR) is 123 cm³/mol. The second-order valence-corrected chi connectivity index (χ2v) is 7.39. The van der Waals surface area contributed by atoms with E-state index in [4.69, 9.17) is 5.11 Å². The molecule has 0 aliphatic carbocycles. The molecule has 0 aliphatic heterocycles. The van der Waals surface area contributed by atoms with Crippen LogP contribution in [0.4, 0.5) is 0 Å². The van der Waals surface area contributed by atoms with E-state index in [1.165, 1.54) is 10.6 Å². The lowest BCUT2D eigenvalue weighted by molar-refractivity contribution is -0.131. The molecular weight excluding hydrogens is 408 g/mol. The lowest BCUT2D eigenvalue weighted by atomic mass is 10.1. The molecule has 0 radical (unpaired) electrons. The lowest BCUT2D eigenvalue weighted by Gasteiger charge is -2.10. The van der Waals surface area contributed by atoms with Gasteiger partial charge in [-0.3, -0.25) is 13.9 Å². The van der Waals surface area contributed by atoms with Gasteiger partial charge in [0.15, 0.2) is 5.52 Å². The quantitative estimate of drug-likeness (QED) is 0.438. The van der Waals surface area contributed by atoms with Crippen LogP contribution < -0.4 is 11.2 Å². The highest BCUT2D eigenvalue weighted by Gasteiger charge is 2.18. The first-order valence-electron chi connectivity index (χ1n) is 10.3. The number of carbonyl (C=O) groups is 1. The minimum atomic E-state index is -1.02. The van der Waals surface area contributed by atoms with Crippen LogP contribution in [0.15, 0.2) is 70.3 Å². The Balaban J connectivity index is 1.81. The van der Waals surface area contributed by atoms with Crippen molar-refractivity contribution in [2.45, 2.75) is 26.4 Å². The number of carboxylic acids is 1. The van der Waals surface area contributed by atoms with Gasteiger partial charge >= 0.3 is 11.7 Å². The maximum atomic E-state index is 13.2. The van der Waals surface area contributed by atoms with Gasteiger partial charge in [0.1, 0.15) is 11.5 Å². The molecule has 0 bridgehead atoms. The number of aromatic amines is 1. The summed E-state index contributed by atoms with van der Waals surface area (Å²) in [4.78, 5) is 44.6. The van der Waals surface area contributed by atoms with Crippen molar-refractivity contribution < 1.29 is 9.90 Å². The average molecular weight is 430 g/mol. The number of fused-ring (bicyclic) bond motifs is 1. The molecule has 2 aromatic heterocycles. The van der Waals surface area contributed by atoms with Gasteiger partial charge in [-0.2, -0.15) is 0 Å². The summed E-state index contributed by atoms with van der Waals surface area (Å²) in [7, 11) is 0. The molecule has 32 heavy (non-hydrogen) atoms. The summed E-state index contributed by atoms with van der Waals surface area (Å²) in [6.07, 6.45) is 3.28. The number of aliphatic carboxylic acids is 1. The second-order valence-electron chi connectivity index (χ2n) is 7.39. The number of carboxylic acid groups (broad SMARTS) is 1. The van der Waals surface area contributed by atoms with E-state index in [0.717, 1.165) is 29.2 Å². The Morgan fingerprint density at radius 3 is 2.44 bits per heavy atom. The van der Waals surface area contributed by atoms with Crippen molar-refractivity contribution in [2.75, 3.05) is 0 Å². The van der Waals surface area contributed by atoms with Crippen molar-refractivity contribution in [1.29, 1.82) is 0 Å². The van der Waals surface area contributed by atoms with Crippen molar-refractivity contribution in [3.63, 3.8) is 0 Å². The molecule has 0 aliphatic rings. The molecule has 0 atom stereocenters. The van der Waals surface area contributed by atoms with Gasteiger partial charge in [0.2, 0.25) is 0 Å². The number of nitrogens with one attached hydrogen (secondary N) is 1. The first kappa shape index (κ1) is 21.0. The average Bonchev–Trinajstić information content (AvgIpc) is 3.25. The molecule has 4 aromatic rings. The molecule has 4 rings (SSSR count). The minimum Gasteiger partial charge on any atom is -0.478 e. The smallest absolute Gasteiger partial charge is 0.333 e. The number of H-pyrrole nitrogens is 1. The van der Waals surface area contributed by atoms with Crippen LogP contribution in [0, 0.1) is 0 Å². The Kier molecular flexibility index (Phi) is 5.85. The van der Waals surface area contributed by atoms with E-state index in [-0.39, 0.29) is 17.8 Å². The van der Waals surface area contributed by atoms with Gasteiger partial charge in [0, 0.05) is 18.2 Å². The van der Waals surface area contributed by atoms with E-state index in [1.54, 1.807) is 28.8 Å². The first-order valence-corrected chi connectivity index (χ1v) is 10.3. The summed E-state index contributed by atoms with van der Waals surface area (Å²) >= 11 is 0. The van der Waals surface area contributed by atoms with E-state index in [9.17, 15) is 14.4 Å². The van der Waals surface area contributed by atoms with E-state index in [1.807, 2.05) is 37.3 Å². The number of aryl methyl sites for hydroxylation is 1. The molecular formula is C24H22N4O4. The molecule has 8 nitrogen and oxygen atoms in total. The van der Waals surface area contributed by atoms with Crippen LogP contribution in [0.1, 0.15) is 24.5 Å². The third-order valence-electron chi connectivity index (χ3n) is 5.10. The van der Waals surface area contributed by atoms with Crippen molar-refractivity contribution in [3.05, 3.63) is 92.6 Å². The summed E-state index contributed by atoms with van der Waals surface area (Å²) in [5.41, 5.74) is 2.09. The molecule has 2 N–H and O–H groups in total. The van der Waals surface area contributed by atoms with Gasteiger partial charge in [0.25, 0.3) is 5.56 Å². The zero-order chi connectivity index (χ0) is 22.7. The number of aromatic nitrogens is 4. The summed E-state index contributed by atoms with van der Waals surface area (Å²) < 4.78 is 2.78. The maximum Gasteiger partial charge on any atom is 0.333 e. The fourth-order valence-electron chi connectivity index (χ4n) is 3.56. The molecule has 0 unspecified atom stereocenters. The number of benzene rings is 2. The Labute approximate surface area is 183 Å². The van der Waals surface area contributed by atoms with Crippen molar-refractivity contribution in [3.8, 4) is 11.4 Å². The fourth-order valence-corrected chi connectivity index (χ4v) is 3.56. The summed E-state index contributed by atoms with van der Waals surface area (Å²) in [5.74, 6) is -0.556. The number of hydrogen-bond donors (Lipinski definition) is 2. The first-order chi connectivity index (χ1) is 15.5. The van der Waals surface area contributed by atoms with E-state index < -0.39 is 11.5 Å². The lowest BCUT2D eigenvalue weighted by Crippen LogP contribution is -2.40. The standard InChI is InChI=1S/C24H22N4O4/c1-2-14-27-22-20(23(31)28(24(27)32)15-17-6-4-3-5-7-17)25-21(26-22)18-11-8-16(9-12-18)10-13-19(29)30/h3-13H,2,14-15H2,1H3,(H,25,26)(H,29,30). The summed E-state index contributed by atoms with van der Waals surface area (Å²) in [6.45, 7) is 2.58. The molecule has 0 fully saturated rings. The summed E-state index contributed by atoms with van der Waals surface area (Å²) in [5, 5.41) is 8.76. The van der Waals surface area contributed by atoms with Gasteiger partial charge in [-0.05, 0) is 23.6 Å². The fraction of sp³-hybridized carbons (Fsp3) is 0.167. The monoisotopic (exact) mass is 430 g/mol. The zero-order valence-corrected chi connectivity index (χ0v) is 17.5. The highest BCUT2D eigenvalue weighted by atomic mass is 16.4.